The first-order valence-corrected chi connectivity index (χ1v) is 9.73. The largest absolute Gasteiger partial charge is 0.335 e. The van der Waals surface area contributed by atoms with E-state index in [0.29, 0.717) is 32.6 Å². The molecule has 2 aliphatic heterocycles. The Morgan fingerprint density at radius 3 is 2.59 bits per heavy atom. The average Bonchev–Trinajstić information content (AvgIpc) is 2.96. The predicted molar refractivity (Wildman–Crippen MR) is 105 cm³/mol. The molecule has 2 saturated heterocycles. The Balaban J connectivity index is 1.47. The van der Waals surface area contributed by atoms with Crippen LogP contribution in [0.3, 0.4) is 0 Å². The number of piperazine rings is 1. The summed E-state index contributed by atoms with van der Waals surface area (Å²) in [6.07, 6.45) is 3.44. The number of fused-ring (bicyclic) bond motifs is 1. The molecule has 0 N–H and O–H groups in total. The van der Waals surface area contributed by atoms with Crippen molar-refractivity contribution in [2.24, 2.45) is 0 Å². The second-order valence-corrected chi connectivity index (χ2v) is 7.41. The van der Waals surface area contributed by atoms with Crippen molar-refractivity contribution in [1.82, 2.24) is 24.7 Å². The number of aromatic nitrogens is 2. The number of carbonyl (C=O) groups is 3. The molecule has 1 aromatic carbocycles. The van der Waals surface area contributed by atoms with Gasteiger partial charge in [-0.25, -0.2) is 4.98 Å². The monoisotopic (exact) mass is 393 g/mol. The molecule has 1 unspecified atom stereocenters. The summed E-state index contributed by atoms with van der Waals surface area (Å²) >= 11 is 0. The van der Waals surface area contributed by atoms with E-state index in [-0.39, 0.29) is 30.0 Å². The first-order valence-electron chi connectivity index (χ1n) is 9.73. The Morgan fingerprint density at radius 2 is 1.86 bits per heavy atom. The number of aryl methyl sites for hydroxylation is 1. The molecule has 8 heteroatoms. The molecular weight excluding hydrogens is 370 g/mol. The molecule has 1 atom stereocenters. The summed E-state index contributed by atoms with van der Waals surface area (Å²) in [6.45, 7) is 3.42. The van der Waals surface area contributed by atoms with Gasteiger partial charge in [-0.3, -0.25) is 19.4 Å². The van der Waals surface area contributed by atoms with Crippen LogP contribution in [0, 0.1) is 6.92 Å². The molecule has 0 saturated carbocycles. The van der Waals surface area contributed by atoms with Gasteiger partial charge < -0.3 is 14.7 Å². The molecule has 0 radical (unpaired) electrons. The minimum Gasteiger partial charge on any atom is -0.335 e. The topological polar surface area (TPSA) is 86.7 Å². The van der Waals surface area contributed by atoms with Crippen LogP contribution in [0.2, 0.25) is 0 Å². The summed E-state index contributed by atoms with van der Waals surface area (Å²) in [5.74, 6) is -0.355. The van der Waals surface area contributed by atoms with Gasteiger partial charge in [-0.2, -0.15) is 0 Å². The van der Waals surface area contributed by atoms with Crippen LogP contribution in [-0.2, 0) is 16.1 Å². The molecule has 2 aliphatic rings. The Kier molecular flexibility index (Phi) is 5.24. The number of amides is 3. The van der Waals surface area contributed by atoms with Crippen molar-refractivity contribution in [3.63, 3.8) is 0 Å². The molecule has 3 amide bonds. The van der Waals surface area contributed by atoms with Crippen molar-refractivity contribution in [1.29, 1.82) is 0 Å². The quantitative estimate of drug-likeness (QED) is 0.772. The highest BCUT2D eigenvalue weighted by Crippen LogP contribution is 2.21. The van der Waals surface area contributed by atoms with Crippen LogP contribution in [0.1, 0.15) is 28.2 Å². The molecule has 3 heterocycles. The zero-order chi connectivity index (χ0) is 20.4. The van der Waals surface area contributed by atoms with Crippen molar-refractivity contribution in [2.45, 2.75) is 25.9 Å². The fourth-order valence-corrected chi connectivity index (χ4v) is 3.83. The van der Waals surface area contributed by atoms with Crippen molar-refractivity contribution in [2.75, 3.05) is 26.2 Å². The van der Waals surface area contributed by atoms with Crippen LogP contribution in [0.25, 0.3) is 0 Å². The van der Waals surface area contributed by atoms with Crippen LogP contribution >= 0.6 is 0 Å². The van der Waals surface area contributed by atoms with Crippen LogP contribution in [0.5, 0.6) is 0 Å². The van der Waals surface area contributed by atoms with Crippen LogP contribution in [0.4, 0.5) is 0 Å². The summed E-state index contributed by atoms with van der Waals surface area (Å²) in [6, 6.07) is 9.12. The third-order valence-corrected chi connectivity index (χ3v) is 5.41. The molecule has 2 aromatic rings. The number of hydrogen-bond acceptors (Lipinski definition) is 5. The number of benzene rings is 1. The van der Waals surface area contributed by atoms with E-state index in [2.05, 4.69) is 9.97 Å². The van der Waals surface area contributed by atoms with Gasteiger partial charge in [0.2, 0.25) is 11.8 Å². The highest BCUT2D eigenvalue weighted by atomic mass is 16.2. The number of hydrogen-bond donors (Lipinski definition) is 0. The van der Waals surface area contributed by atoms with E-state index in [0.717, 1.165) is 11.3 Å². The zero-order valence-electron chi connectivity index (χ0n) is 16.3. The minimum absolute atomic E-state index is 0.0575. The van der Waals surface area contributed by atoms with E-state index in [1.165, 1.54) is 6.20 Å². The maximum absolute atomic E-state index is 13.1. The van der Waals surface area contributed by atoms with Gasteiger partial charge in [0, 0.05) is 32.4 Å². The molecule has 0 bridgehead atoms. The molecule has 8 nitrogen and oxygen atoms in total. The smallest absolute Gasteiger partial charge is 0.274 e. The summed E-state index contributed by atoms with van der Waals surface area (Å²) in [7, 11) is 0. The number of carbonyl (C=O) groups excluding carboxylic acids is 3. The zero-order valence-corrected chi connectivity index (χ0v) is 16.3. The molecule has 4 rings (SSSR count). The maximum atomic E-state index is 13.1. The standard InChI is InChI=1S/C21H23N5O3/c1-15-11-23-17(12-22-15)20(28)24-8-7-18-21(29)25(13-16-5-3-2-4-6-16)14-19(27)26(18)10-9-24/h2-6,11-12,18H,7-10,13-14H2,1H3. The van der Waals surface area contributed by atoms with Crippen LogP contribution in [-0.4, -0.2) is 74.6 Å². The Labute approximate surface area is 169 Å². The van der Waals surface area contributed by atoms with E-state index >= 15 is 0 Å². The lowest BCUT2D eigenvalue weighted by molar-refractivity contribution is -0.156. The predicted octanol–water partition coefficient (Wildman–Crippen LogP) is 0.871. The van der Waals surface area contributed by atoms with Crippen molar-refractivity contribution < 1.29 is 14.4 Å². The fourth-order valence-electron chi connectivity index (χ4n) is 3.83. The second kappa shape index (κ2) is 7.98. The van der Waals surface area contributed by atoms with Gasteiger partial charge in [-0.1, -0.05) is 30.3 Å². The lowest BCUT2D eigenvalue weighted by Crippen LogP contribution is -2.59. The first kappa shape index (κ1) is 19.0. The minimum atomic E-state index is -0.526. The summed E-state index contributed by atoms with van der Waals surface area (Å²) in [5, 5.41) is 0. The highest BCUT2D eigenvalue weighted by molar-refractivity contribution is 5.95. The van der Waals surface area contributed by atoms with Crippen LogP contribution < -0.4 is 0 Å². The highest BCUT2D eigenvalue weighted by Gasteiger charge is 2.41. The Hall–Kier alpha value is -3.29. The van der Waals surface area contributed by atoms with Crippen LogP contribution in [0.15, 0.2) is 42.7 Å². The van der Waals surface area contributed by atoms with Gasteiger partial charge in [-0.05, 0) is 18.9 Å². The van der Waals surface area contributed by atoms with Gasteiger partial charge in [0.25, 0.3) is 5.91 Å². The third kappa shape index (κ3) is 3.96. The van der Waals surface area contributed by atoms with Crippen molar-refractivity contribution >= 4 is 17.7 Å². The van der Waals surface area contributed by atoms with Gasteiger partial charge in [0.05, 0.1) is 11.9 Å². The van der Waals surface area contributed by atoms with Gasteiger partial charge >= 0.3 is 0 Å². The molecule has 0 aliphatic carbocycles. The molecule has 0 spiro atoms. The van der Waals surface area contributed by atoms with E-state index in [4.69, 9.17) is 0 Å². The van der Waals surface area contributed by atoms with E-state index < -0.39 is 6.04 Å². The van der Waals surface area contributed by atoms with Gasteiger partial charge in [0.15, 0.2) is 0 Å². The summed E-state index contributed by atoms with van der Waals surface area (Å²) < 4.78 is 0. The van der Waals surface area contributed by atoms with E-state index in [1.54, 1.807) is 20.9 Å². The Morgan fingerprint density at radius 1 is 1.07 bits per heavy atom. The second-order valence-electron chi connectivity index (χ2n) is 7.41. The lowest BCUT2D eigenvalue weighted by atomic mass is 10.1. The number of rotatable bonds is 3. The maximum Gasteiger partial charge on any atom is 0.274 e. The van der Waals surface area contributed by atoms with Crippen molar-refractivity contribution in [3.05, 3.63) is 59.7 Å². The van der Waals surface area contributed by atoms with Crippen molar-refractivity contribution in [3.8, 4) is 0 Å². The summed E-state index contributed by atoms with van der Waals surface area (Å²) in [4.78, 5) is 51.7. The average molecular weight is 393 g/mol. The SMILES string of the molecule is Cc1cnc(C(=O)N2CCC3C(=O)N(Cc4ccccc4)CC(=O)N3CC2)cn1. The summed E-state index contributed by atoms with van der Waals surface area (Å²) in [5.41, 5.74) is 2.01. The molecule has 2 fully saturated rings. The van der Waals surface area contributed by atoms with E-state index in [9.17, 15) is 14.4 Å². The number of nitrogens with zero attached hydrogens (tertiary/aromatic N) is 5. The third-order valence-electron chi connectivity index (χ3n) is 5.41. The van der Waals surface area contributed by atoms with Gasteiger partial charge in [0.1, 0.15) is 18.3 Å². The fraction of sp³-hybridized carbons (Fsp3) is 0.381. The molecule has 29 heavy (non-hydrogen) atoms. The Bertz CT molecular complexity index is 916. The molecule has 150 valence electrons. The molecule has 1 aromatic heterocycles. The lowest BCUT2D eigenvalue weighted by Gasteiger charge is -2.39. The molecular formula is C21H23N5O3. The first-order chi connectivity index (χ1) is 14.0. The normalized spacial score (nSPS) is 19.8. The van der Waals surface area contributed by atoms with E-state index in [1.807, 2.05) is 37.3 Å². The van der Waals surface area contributed by atoms with Gasteiger partial charge in [-0.15, -0.1) is 0 Å².